The molecule has 0 aromatic carbocycles. The lowest BCUT2D eigenvalue weighted by Crippen LogP contribution is -2.45. The van der Waals surface area contributed by atoms with E-state index in [9.17, 15) is 19.8 Å². The highest BCUT2D eigenvalue weighted by Crippen LogP contribution is 2.19. The molecule has 0 rings (SSSR count). The van der Waals surface area contributed by atoms with Crippen molar-refractivity contribution in [2.24, 2.45) is 0 Å². The first-order valence-corrected chi connectivity index (χ1v) is 36.8. The molecule has 0 saturated carbocycles. The molecule has 0 aromatic rings. The van der Waals surface area contributed by atoms with Crippen LogP contribution >= 0.6 is 0 Å². The van der Waals surface area contributed by atoms with Crippen LogP contribution in [0.25, 0.3) is 0 Å². The summed E-state index contributed by atoms with van der Waals surface area (Å²) in [6.07, 6.45) is 90.9. The fraction of sp³-hybridized carbons (Fsp3) is 0.893. The third kappa shape index (κ3) is 67.1. The Balaban J connectivity index is 3.40. The summed E-state index contributed by atoms with van der Waals surface area (Å²) in [6, 6.07) is -0.628. The Labute approximate surface area is 506 Å². The predicted molar refractivity (Wildman–Crippen MR) is 356 cm³/mol. The van der Waals surface area contributed by atoms with Crippen LogP contribution in [0.3, 0.4) is 0 Å². The number of hydrogen-bond donors (Lipinski definition) is 3. The summed E-state index contributed by atoms with van der Waals surface area (Å²) in [5, 5.41) is 23.3. The lowest BCUT2D eigenvalue weighted by Gasteiger charge is -2.20. The lowest BCUT2D eigenvalue weighted by molar-refractivity contribution is -0.143. The first-order valence-electron chi connectivity index (χ1n) is 36.8. The monoisotopic (exact) mass is 1140 g/mol. The number of carbonyl (C=O) groups is 2. The molecule has 2 atom stereocenters. The van der Waals surface area contributed by atoms with E-state index in [-0.39, 0.29) is 18.5 Å². The topological polar surface area (TPSA) is 95.9 Å². The van der Waals surface area contributed by atoms with E-state index in [0.29, 0.717) is 19.4 Å². The van der Waals surface area contributed by atoms with Crippen LogP contribution in [0.5, 0.6) is 0 Å². The molecule has 6 nitrogen and oxygen atoms in total. The maximum atomic E-state index is 12.5. The molecule has 6 heteroatoms. The minimum Gasteiger partial charge on any atom is -0.466 e. The van der Waals surface area contributed by atoms with Crippen LogP contribution in [0.2, 0.25) is 0 Å². The average Bonchev–Trinajstić information content (AvgIpc) is 3.47. The number of hydrogen-bond acceptors (Lipinski definition) is 5. The van der Waals surface area contributed by atoms with Crippen molar-refractivity contribution in [3.63, 3.8) is 0 Å². The van der Waals surface area contributed by atoms with Crippen molar-refractivity contribution in [3.8, 4) is 0 Å². The zero-order chi connectivity index (χ0) is 58.5. The van der Waals surface area contributed by atoms with Gasteiger partial charge in [-0.1, -0.05) is 346 Å². The zero-order valence-corrected chi connectivity index (χ0v) is 54.8. The maximum absolute atomic E-state index is 12.5. The minimum atomic E-state index is -0.845. The summed E-state index contributed by atoms with van der Waals surface area (Å²) >= 11 is 0. The number of allylic oxidation sites excluding steroid dienone is 5. The molecule has 0 aliphatic heterocycles. The highest BCUT2D eigenvalue weighted by Gasteiger charge is 2.18. The van der Waals surface area contributed by atoms with Gasteiger partial charge in [0.05, 0.1) is 25.4 Å². The van der Waals surface area contributed by atoms with Gasteiger partial charge in [0.1, 0.15) is 0 Å². The van der Waals surface area contributed by atoms with E-state index < -0.39 is 12.1 Å². The van der Waals surface area contributed by atoms with E-state index >= 15 is 0 Å². The van der Waals surface area contributed by atoms with E-state index in [1.54, 1.807) is 6.08 Å². The van der Waals surface area contributed by atoms with E-state index in [2.05, 4.69) is 43.5 Å². The Kier molecular flexibility index (Phi) is 68.9. The van der Waals surface area contributed by atoms with Crippen LogP contribution in [0.15, 0.2) is 36.5 Å². The summed E-state index contributed by atoms with van der Waals surface area (Å²) < 4.78 is 5.48. The average molecular weight is 1140 g/mol. The molecule has 0 aliphatic carbocycles. The minimum absolute atomic E-state index is 0.00796. The van der Waals surface area contributed by atoms with Crippen LogP contribution in [0.4, 0.5) is 0 Å². The summed E-state index contributed by atoms with van der Waals surface area (Å²) in [5.74, 6) is -0.0546. The first kappa shape index (κ1) is 79.1. The number of ether oxygens (including phenoxy) is 1. The molecule has 2 unspecified atom stereocenters. The highest BCUT2D eigenvalue weighted by molar-refractivity contribution is 5.76. The van der Waals surface area contributed by atoms with Gasteiger partial charge in [-0.2, -0.15) is 0 Å². The zero-order valence-electron chi connectivity index (χ0n) is 54.8. The quantitative estimate of drug-likeness (QED) is 0.0320. The molecule has 0 bridgehead atoms. The molecule has 1 amide bonds. The second kappa shape index (κ2) is 70.6. The number of aliphatic hydroxyl groups is 2. The number of nitrogens with one attached hydrogen (secondary N) is 1. The highest BCUT2D eigenvalue weighted by atomic mass is 16.5. The third-order valence-corrected chi connectivity index (χ3v) is 17.1. The van der Waals surface area contributed by atoms with Crippen molar-refractivity contribution in [2.45, 2.75) is 418 Å². The van der Waals surface area contributed by atoms with Crippen molar-refractivity contribution in [3.05, 3.63) is 36.5 Å². The smallest absolute Gasteiger partial charge is 0.305 e. The number of aliphatic hydroxyl groups excluding tert-OH is 2. The molecule has 0 aromatic heterocycles. The maximum Gasteiger partial charge on any atom is 0.305 e. The molecule has 0 aliphatic rings. The van der Waals surface area contributed by atoms with Gasteiger partial charge >= 0.3 is 5.97 Å². The Morgan fingerprint density at radius 3 is 0.889 bits per heavy atom. The Morgan fingerprint density at radius 2 is 0.580 bits per heavy atom. The molecule has 81 heavy (non-hydrogen) atoms. The molecular formula is C75H143NO5. The fourth-order valence-corrected chi connectivity index (χ4v) is 11.5. The fourth-order valence-electron chi connectivity index (χ4n) is 11.5. The molecule has 0 heterocycles. The summed E-state index contributed by atoms with van der Waals surface area (Å²) in [4.78, 5) is 24.6. The van der Waals surface area contributed by atoms with Crippen LogP contribution in [0.1, 0.15) is 406 Å². The van der Waals surface area contributed by atoms with Gasteiger partial charge in [-0.25, -0.2) is 0 Å². The van der Waals surface area contributed by atoms with Gasteiger partial charge in [0.25, 0.3) is 0 Å². The molecular weight excluding hydrogens is 995 g/mol. The SMILES string of the molecule is CCCCCC/C=C\CCCCCCCC(=O)OCCCCCCCCCCCCCC/C=C\CCCCCCCCCCCCCCCCC(=O)NC(CO)C(O)/C=C/CCCCCCCCCCCCCCCCCCCCC. The standard InChI is InChI=1S/C75H143NO5/c1-3-5-7-9-11-13-15-17-18-19-20-31-34-37-40-44-47-51-55-59-63-67-73(78)72(71-77)76-74(79)68-64-60-56-52-48-45-41-38-35-32-29-27-25-23-21-22-24-26-28-30-33-36-39-42-46-50-54-58-62-66-70-81-75(80)69-65-61-57-53-49-43-16-14-12-10-8-6-4-2/h14,16,22,24,63,67,72-73,77-78H,3-13,15,17-21,23,25-62,64-66,68-71H2,1-2H3,(H,76,79)/b16-14-,24-22-,67-63+. The van der Waals surface area contributed by atoms with E-state index in [0.717, 1.165) is 44.9 Å². The second-order valence-corrected chi connectivity index (χ2v) is 25.3. The van der Waals surface area contributed by atoms with Gasteiger partial charge in [-0.15, -0.1) is 0 Å². The van der Waals surface area contributed by atoms with Crippen molar-refractivity contribution in [1.82, 2.24) is 5.32 Å². The van der Waals surface area contributed by atoms with E-state index in [1.165, 1.54) is 334 Å². The second-order valence-electron chi connectivity index (χ2n) is 25.3. The van der Waals surface area contributed by atoms with Crippen molar-refractivity contribution in [1.29, 1.82) is 0 Å². The van der Waals surface area contributed by atoms with Crippen molar-refractivity contribution in [2.75, 3.05) is 13.2 Å². The summed E-state index contributed by atoms with van der Waals surface area (Å²) in [6.45, 7) is 4.92. The van der Waals surface area contributed by atoms with Crippen molar-refractivity contribution >= 4 is 11.9 Å². The van der Waals surface area contributed by atoms with Gasteiger partial charge < -0.3 is 20.3 Å². The molecule has 0 fully saturated rings. The normalized spacial score (nSPS) is 12.7. The van der Waals surface area contributed by atoms with E-state index in [1.807, 2.05) is 6.08 Å². The first-order chi connectivity index (χ1) is 40.0. The lowest BCUT2D eigenvalue weighted by atomic mass is 10.0. The van der Waals surface area contributed by atoms with Gasteiger partial charge in [-0.3, -0.25) is 9.59 Å². The van der Waals surface area contributed by atoms with E-state index in [4.69, 9.17) is 4.74 Å². The van der Waals surface area contributed by atoms with Crippen LogP contribution < -0.4 is 5.32 Å². The van der Waals surface area contributed by atoms with Gasteiger partial charge in [0.15, 0.2) is 0 Å². The number of rotatable bonds is 69. The molecule has 3 N–H and O–H groups in total. The van der Waals surface area contributed by atoms with Gasteiger partial charge in [0.2, 0.25) is 5.91 Å². The molecule has 478 valence electrons. The third-order valence-electron chi connectivity index (χ3n) is 17.1. The Morgan fingerprint density at radius 1 is 0.333 bits per heavy atom. The summed E-state index contributed by atoms with van der Waals surface area (Å²) in [5.41, 5.74) is 0. The largest absolute Gasteiger partial charge is 0.466 e. The van der Waals surface area contributed by atoms with Crippen LogP contribution in [0, 0.1) is 0 Å². The van der Waals surface area contributed by atoms with Crippen LogP contribution in [-0.2, 0) is 14.3 Å². The van der Waals surface area contributed by atoms with Crippen molar-refractivity contribution < 1.29 is 24.5 Å². The number of carbonyl (C=O) groups excluding carboxylic acids is 2. The van der Waals surface area contributed by atoms with Gasteiger partial charge in [0, 0.05) is 12.8 Å². The van der Waals surface area contributed by atoms with Gasteiger partial charge in [-0.05, 0) is 83.5 Å². The van der Waals surface area contributed by atoms with Crippen LogP contribution in [-0.4, -0.2) is 47.4 Å². The molecule has 0 spiro atoms. The molecule has 0 saturated heterocycles. The predicted octanol–water partition coefficient (Wildman–Crippen LogP) is 23.9. The number of unbranched alkanes of at least 4 members (excludes halogenated alkanes) is 54. The number of amides is 1. The number of esters is 1. The Hall–Kier alpha value is -1.92. The molecule has 0 radical (unpaired) electrons. The summed E-state index contributed by atoms with van der Waals surface area (Å²) in [7, 11) is 0. The Bertz CT molecular complexity index is 1310.